The van der Waals surface area contributed by atoms with E-state index in [1.807, 2.05) is 30.3 Å². The van der Waals surface area contributed by atoms with Crippen LogP contribution in [0.5, 0.6) is 0 Å². The van der Waals surface area contributed by atoms with Crippen LogP contribution in [0.3, 0.4) is 0 Å². The van der Waals surface area contributed by atoms with Gasteiger partial charge in [0.1, 0.15) is 12.2 Å². The number of likely N-dealkylation sites (tertiary alicyclic amines) is 1. The molecule has 2 atom stereocenters. The van der Waals surface area contributed by atoms with Crippen molar-refractivity contribution in [2.24, 2.45) is 5.92 Å². The quantitative estimate of drug-likeness (QED) is 0.838. The summed E-state index contributed by atoms with van der Waals surface area (Å²) < 4.78 is 10.5. The summed E-state index contributed by atoms with van der Waals surface area (Å²) in [7, 11) is 0. The number of nitrogens with zero attached hydrogens (tertiary/aromatic N) is 1. The average Bonchev–Trinajstić information content (AvgIpc) is 2.94. The predicted octanol–water partition coefficient (Wildman–Crippen LogP) is 2.53. The van der Waals surface area contributed by atoms with Crippen LogP contribution in [0.2, 0.25) is 0 Å². The molecular formula is C19H28N2O5. The van der Waals surface area contributed by atoms with Crippen molar-refractivity contribution in [2.45, 2.75) is 45.5 Å². The van der Waals surface area contributed by atoms with Crippen molar-refractivity contribution >= 4 is 12.2 Å². The number of carbonyl (C=O) groups excluding carboxylic acids is 2. The molecule has 0 aromatic heterocycles. The van der Waals surface area contributed by atoms with E-state index in [1.165, 1.54) is 4.90 Å². The molecule has 26 heavy (non-hydrogen) atoms. The van der Waals surface area contributed by atoms with Gasteiger partial charge in [-0.1, -0.05) is 30.3 Å². The van der Waals surface area contributed by atoms with E-state index in [1.54, 1.807) is 20.8 Å². The maximum absolute atomic E-state index is 12.1. The number of hydrogen-bond acceptors (Lipinski definition) is 5. The van der Waals surface area contributed by atoms with Gasteiger partial charge in [-0.2, -0.15) is 0 Å². The Balaban J connectivity index is 1.67. The highest BCUT2D eigenvalue weighted by molar-refractivity contribution is 5.68. The van der Waals surface area contributed by atoms with Crippen LogP contribution in [0.1, 0.15) is 32.8 Å². The Bertz CT molecular complexity index is 600. The lowest BCUT2D eigenvalue weighted by atomic mass is 10.0. The number of rotatable bonds is 5. The number of benzene rings is 1. The van der Waals surface area contributed by atoms with Crippen LogP contribution in [-0.2, 0) is 16.1 Å². The zero-order chi connectivity index (χ0) is 19.2. The Morgan fingerprint density at radius 2 is 1.92 bits per heavy atom. The normalized spacial score (nSPS) is 19.9. The van der Waals surface area contributed by atoms with Gasteiger partial charge in [-0.15, -0.1) is 0 Å². The minimum atomic E-state index is -0.621. The SMILES string of the molecule is CC(C)(C)OC(=O)N1C[C@@H](CCNC(=O)OCc2ccccc2)[C@H](O)C1. The van der Waals surface area contributed by atoms with Gasteiger partial charge in [-0.05, 0) is 32.8 Å². The topological polar surface area (TPSA) is 88.1 Å². The van der Waals surface area contributed by atoms with Crippen LogP contribution >= 0.6 is 0 Å². The number of aliphatic hydroxyl groups excluding tert-OH is 1. The summed E-state index contributed by atoms with van der Waals surface area (Å²) in [6.07, 6.45) is -0.981. The molecule has 0 spiro atoms. The number of β-amino-alcohol motifs (C(OH)–C–C–N with tert-alkyl or cyclic N) is 1. The molecule has 1 aromatic carbocycles. The van der Waals surface area contributed by atoms with E-state index in [0.717, 1.165) is 5.56 Å². The molecule has 0 aliphatic carbocycles. The fourth-order valence-corrected chi connectivity index (χ4v) is 2.75. The van der Waals surface area contributed by atoms with Crippen LogP contribution in [0, 0.1) is 5.92 Å². The van der Waals surface area contributed by atoms with Gasteiger partial charge in [0, 0.05) is 19.0 Å². The minimum Gasteiger partial charge on any atom is -0.445 e. The average molecular weight is 364 g/mol. The Morgan fingerprint density at radius 1 is 1.23 bits per heavy atom. The summed E-state index contributed by atoms with van der Waals surface area (Å²) >= 11 is 0. The molecule has 0 saturated carbocycles. The smallest absolute Gasteiger partial charge is 0.410 e. The van der Waals surface area contributed by atoms with Crippen LogP contribution in [-0.4, -0.2) is 53.5 Å². The number of amides is 2. The molecule has 1 aromatic rings. The number of ether oxygens (including phenoxy) is 2. The molecule has 2 rings (SSSR count). The first-order chi connectivity index (χ1) is 12.2. The van der Waals surface area contributed by atoms with Crippen molar-refractivity contribution in [3.8, 4) is 0 Å². The maximum atomic E-state index is 12.1. The first-order valence-electron chi connectivity index (χ1n) is 8.85. The standard InChI is InChI=1S/C19H28N2O5/c1-19(2,3)26-18(24)21-11-15(16(22)12-21)9-10-20-17(23)25-13-14-7-5-4-6-8-14/h4-8,15-16,22H,9-13H2,1-3H3,(H,20,23)/t15-,16-/m1/s1. The fourth-order valence-electron chi connectivity index (χ4n) is 2.75. The highest BCUT2D eigenvalue weighted by Crippen LogP contribution is 2.22. The molecule has 1 fully saturated rings. The molecule has 7 heteroatoms. The van der Waals surface area contributed by atoms with E-state index in [2.05, 4.69) is 5.32 Å². The van der Waals surface area contributed by atoms with Crippen molar-refractivity contribution in [3.63, 3.8) is 0 Å². The second-order valence-corrected chi connectivity index (χ2v) is 7.49. The van der Waals surface area contributed by atoms with E-state index < -0.39 is 23.9 Å². The fraction of sp³-hybridized carbons (Fsp3) is 0.579. The molecule has 1 aliphatic heterocycles. The number of hydrogen-bond donors (Lipinski definition) is 2. The lowest BCUT2D eigenvalue weighted by Gasteiger charge is -2.24. The third-order valence-corrected chi connectivity index (χ3v) is 4.06. The first-order valence-corrected chi connectivity index (χ1v) is 8.85. The zero-order valence-corrected chi connectivity index (χ0v) is 15.6. The number of aliphatic hydroxyl groups is 1. The van der Waals surface area contributed by atoms with Crippen molar-refractivity contribution in [1.29, 1.82) is 0 Å². The minimum absolute atomic E-state index is 0.100. The Morgan fingerprint density at radius 3 is 2.58 bits per heavy atom. The predicted molar refractivity (Wildman–Crippen MR) is 96.6 cm³/mol. The summed E-state index contributed by atoms with van der Waals surface area (Å²) in [5.74, 6) is -0.100. The van der Waals surface area contributed by atoms with Gasteiger partial charge in [0.2, 0.25) is 0 Å². The van der Waals surface area contributed by atoms with Gasteiger partial charge in [0.15, 0.2) is 0 Å². The second kappa shape index (κ2) is 8.89. The molecule has 7 nitrogen and oxygen atoms in total. The lowest BCUT2D eigenvalue weighted by molar-refractivity contribution is 0.0269. The molecule has 1 aliphatic rings. The number of carbonyl (C=O) groups is 2. The van der Waals surface area contributed by atoms with Gasteiger partial charge in [-0.3, -0.25) is 0 Å². The molecule has 2 N–H and O–H groups in total. The molecule has 144 valence electrons. The monoisotopic (exact) mass is 364 g/mol. The second-order valence-electron chi connectivity index (χ2n) is 7.49. The summed E-state index contributed by atoms with van der Waals surface area (Å²) in [6, 6.07) is 9.43. The summed E-state index contributed by atoms with van der Waals surface area (Å²) in [5.41, 5.74) is 0.353. The third-order valence-electron chi connectivity index (χ3n) is 4.06. The van der Waals surface area contributed by atoms with Crippen molar-refractivity contribution in [1.82, 2.24) is 10.2 Å². The molecule has 0 unspecified atom stereocenters. The molecular weight excluding hydrogens is 336 g/mol. The Labute approximate surface area is 154 Å². The van der Waals surface area contributed by atoms with Crippen LogP contribution in [0.15, 0.2) is 30.3 Å². The highest BCUT2D eigenvalue weighted by atomic mass is 16.6. The molecule has 0 radical (unpaired) electrons. The van der Waals surface area contributed by atoms with E-state index in [0.29, 0.717) is 19.5 Å². The number of alkyl carbamates (subject to hydrolysis) is 1. The van der Waals surface area contributed by atoms with Crippen LogP contribution < -0.4 is 5.32 Å². The van der Waals surface area contributed by atoms with E-state index in [-0.39, 0.29) is 19.1 Å². The third kappa shape index (κ3) is 6.55. The molecule has 1 heterocycles. The van der Waals surface area contributed by atoms with Crippen LogP contribution in [0.4, 0.5) is 9.59 Å². The van der Waals surface area contributed by atoms with E-state index in [9.17, 15) is 14.7 Å². The Hall–Kier alpha value is -2.28. The summed E-state index contributed by atoms with van der Waals surface area (Å²) in [4.78, 5) is 25.3. The lowest BCUT2D eigenvalue weighted by Crippen LogP contribution is -2.36. The molecule has 2 amide bonds. The highest BCUT2D eigenvalue weighted by Gasteiger charge is 2.35. The van der Waals surface area contributed by atoms with E-state index in [4.69, 9.17) is 9.47 Å². The van der Waals surface area contributed by atoms with E-state index >= 15 is 0 Å². The zero-order valence-electron chi connectivity index (χ0n) is 15.6. The van der Waals surface area contributed by atoms with Crippen molar-refractivity contribution < 1.29 is 24.2 Å². The number of nitrogens with one attached hydrogen (secondary N) is 1. The van der Waals surface area contributed by atoms with Crippen molar-refractivity contribution in [3.05, 3.63) is 35.9 Å². The van der Waals surface area contributed by atoms with Gasteiger partial charge in [0.05, 0.1) is 12.6 Å². The summed E-state index contributed by atoms with van der Waals surface area (Å²) in [5, 5.41) is 12.8. The van der Waals surface area contributed by atoms with Crippen molar-refractivity contribution in [2.75, 3.05) is 19.6 Å². The first kappa shape index (κ1) is 20.0. The largest absolute Gasteiger partial charge is 0.445 e. The van der Waals surface area contributed by atoms with Gasteiger partial charge in [0.25, 0.3) is 0 Å². The van der Waals surface area contributed by atoms with Crippen LogP contribution in [0.25, 0.3) is 0 Å². The molecule has 1 saturated heterocycles. The van der Waals surface area contributed by atoms with Gasteiger partial charge < -0.3 is 24.8 Å². The van der Waals surface area contributed by atoms with Gasteiger partial charge >= 0.3 is 12.2 Å². The molecule has 0 bridgehead atoms. The maximum Gasteiger partial charge on any atom is 0.410 e. The van der Waals surface area contributed by atoms with Gasteiger partial charge in [-0.25, -0.2) is 9.59 Å². The summed E-state index contributed by atoms with van der Waals surface area (Å²) in [6.45, 7) is 6.66. The Kier molecular flexibility index (Phi) is 6.85.